The van der Waals surface area contributed by atoms with Crippen LogP contribution in [0.3, 0.4) is 0 Å². The molecule has 3 rings (SSSR count). The number of carbonyl (C=O) groups excluding carboxylic acids is 1. The van der Waals surface area contributed by atoms with E-state index in [4.69, 9.17) is 4.74 Å². The Hall–Kier alpha value is -2.88. The van der Waals surface area contributed by atoms with Gasteiger partial charge in [0.2, 0.25) is 0 Å². The highest BCUT2D eigenvalue weighted by atomic mass is 32.2. The Kier molecular flexibility index (Phi) is 8.05. The number of rotatable bonds is 10. The normalized spacial score (nSPS) is 15.4. The second-order valence-corrected chi connectivity index (χ2v) is 8.63. The minimum atomic E-state index is 0.0190. The zero-order chi connectivity index (χ0) is 22.2. The molecule has 160 valence electrons. The molecule has 5 nitrogen and oxygen atoms in total. The van der Waals surface area contributed by atoms with Crippen molar-refractivity contribution < 1.29 is 9.53 Å². The summed E-state index contributed by atoms with van der Waals surface area (Å²) in [6.45, 7) is 7.90. The fourth-order valence-electron chi connectivity index (χ4n) is 3.83. The van der Waals surface area contributed by atoms with Crippen LogP contribution in [0.15, 0.2) is 47.6 Å². The first-order chi connectivity index (χ1) is 15.1. The number of thioether (sulfide) groups is 1. The third-order valence-electron chi connectivity index (χ3n) is 5.11. The molecule has 2 aromatic rings. The van der Waals surface area contributed by atoms with Crippen LogP contribution in [0.25, 0.3) is 4.91 Å². The summed E-state index contributed by atoms with van der Waals surface area (Å²) in [5, 5.41) is 12.8. The number of ether oxygens (including phenoxy) is 1. The second kappa shape index (κ2) is 10.9. The van der Waals surface area contributed by atoms with Gasteiger partial charge in [-0.15, -0.1) is 11.8 Å². The van der Waals surface area contributed by atoms with Crippen LogP contribution in [0.1, 0.15) is 54.1 Å². The molecule has 0 aromatic heterocycles. The SMILES string of the molecule is C=N/C=C(\SCc1ccc(OC(C)C)c(C#N)c1)c1cccc2c1CCC2NCC=O. The molecule has 0 fully saturated rings. The van der Waals surface area contributed by atoms with Crippen LogP contribution in [0.2, 0.25) is 0 Å². The van der Waals surface area contributed by atoms with Gasteiger partial charge in [-0.25, -0.2) is 0 Å². The fourth-order valence-corrected chi connectivity index (χ4v) is 4.82. The molecule has 0 amide bonds. The third kappa shape index (κ3) is 5.63. The first-order valence-electron chi connectivity index (χ1n) is 10.3. The Balaban J connectivity index is 1.80. The van der Waals surface area contributed by atoms with Crippen molar-refractivity contribution in [2.75, 3.05) is 6.54 Å². The van der Waals surface area contributed by atoms with Crippen molar-refractivity contribution in [1.82, 2.24) is 5.32 Å². The van der Waals surface area contributed by atoms with Gasteiger partial charge in [-0.2, -0.15) is 5.26 Å². The van der Waals surface area contributed by atoms with E-state index in [-0.39, 0.29) is 12.1 Å². The van der Waals surface area contributed by atoms with Gasteiger partial charge in [0.15, 0.2) is 0 Å². The fraction of sp³-hybridized carbons (Fsp3) is 0.320. The number of nitrogens with zero attached hydrogens (tertiary/aromatic N) is 2. The Bertz CT molecular complexity index is 1020. The van der Waals surface area contributed by atoms with Crippen molar-refractivity contribution >= 4 is 29.7 Å². The molecule has 31 heavy (non-hydrogen) atoms. The van der Waals surface area contributed by atoms with Gasteiger partial charge in [-0.3, -0.25) is 4.99 Å². The van der Waals surface area contributed by atoms with Gasteiger partial charge in [0.05, 0.1) is 18.2 Å². The van der Waals surface area contributed by atoms with Gasteiger partial charge in [-0.1, -0.05) is 24.3 Å². The van der Waals surface area contributed by atoms with Crippen molar-refractivity contribution in [2.24, 2.45) is 4.99 Å². The lowest BCUT2D eigenvalue weighted by molar-refractivity contribution is -0.107. The first kappa shape index (κ1) is 22.8. The number of nitriles is 1. The van der Waals surface area contributed by atoms with Gasteiger partial charge >= 0.3 is 0 Å². The molecule has 1 unspecified atom stereocenters. The summed E-state index contributed by atoms with van der Waals surface area (Å²) in [5.74, 6) is 1.32. The number of fused-ring (bicyclic) bond motifs is 1. The summed E-state index contributed by atoms with van der Waals surface area (Å²) >= 11 is 1.68. The summed E-state index contributed by atoms with van der Waals surface area (Å²) in [4.78, 5) is 15.8. The molecule has 0 aliphatic heterocycles. The van der Waals surface area contributed by atoms with E-state index in [9.17, 15) is 10.1 Å². The smallest absolute Gasteiger partial charge is 0.137 e. The predicted molar refractivity (Wildman–Crippen MR) is 127 cm³/mol. The second-order valence-electron chi connectivity index (χ2n) is 7.61. The molecule has 2 aromatic carbocycles. The van der Waals surface area contributed by atoms with Crippen LogP contribution in [0.4, 0.5) is 0 Å². The van der Waals surface area contributed by atoms with Crippen molar-refractivity contribution in [3.05, 3.63) is 70.4 Å². The molecule has 0 radical (unpaired) electrons. The molecule has 1 aliphatic rings. The maximum Gasteiger partial charge on any atom is 0.137 e. The van der Waals surface area contributed by atoms with Gasteiger partial charge in [-0.05, 0) is 67.8 Å². The maximum atomic E-state index is 10.8. The van der Waals surface area contributed by atoms with Crippen LogP contribution in [-0.2, 0) is 17.0 Å². The van der Waals surface area contributed by atoms with Gasteiger partial charge < -0.3 is 14.8 Å². The van der Waals surface area contributed by atoms with Crippen LogP contribution < -0.4 is 10.1 Å². The summed E-state index contributed by atoms with van der Waals surface area (Å²) in [7, 11) is 0. The van der Waals surface area contributed by atoms with E-state index in [1.165, 1.54) is 11.1 Å². The summed E-state index contributed by atoms with van der Waals surface area (Å²) in [6.07, 6.45) is 4.65. The number of hydrogen-bond donors (Lipinski definition) is 1. The number of benzene rings is 2. The summed E-state index contributed by atoms with van der Waals surface area (Å²) < 4.78 is 5.72. The molecule has 1 aliphatic carbocycles. The van der Waals surface area contributed by atoms with Crippen LogP contribution in [0, 0.1) is 11.3 Å². The van der Waals surface area contributed by atoms with E-state index in [1.54, 1.807) is 18.0 Å². The quantitative estimate of drug-likeness (QED) is 0.419. The van der Waals surface area contributed by atoms with Crippen molar-refractivity contribution in [3.63, 3.8) is 0 Å². The maximum absolute atomic E-state index is 10.8. The third-order valence-corrected chi connectivity index (χ3v) is 6.23. The molecule has 1 atom stereocenters. The Morgan fingerprint density at radius 3 is 2.97 bits per heavy atom. The number of nitrogens with one attached hydrogen (secondary N) is 1. The lowest BCUT2D eigenvalue weighted by Crippen LogP contribution is -2.21. The molecular weight excluding hydrogens is 406 g/mol. The van der Waals surface area contributed by atoms with E-state index in [1.807, 2.05) is 32.0 Å². The van der Waals surface area contributed by atoms with E-state index in [0.29, 0.717) is 23.6 Å². The highest BCUT2D eigenvalue weighted by molar-refractivity contribution is 8.07. The topological polar surface area (TPSA) is 74.5 Å². The predicted octanol–water partition coefficient (Wildman–Crippen LogP) is 5.05. The standard InChI is InChI=1S/C25H27N3O2S/c1-17(2)30-24-10-7-18(13-19(24)14-26)16-31-25(15-27-3)22-6-4-5-21-20(22)8-9-23(21)28-11-12-29/h4-7,10,12-13,15,17,23,28H,3,8-9,11,16H2,1-2H3/b25-15-. The zero-order valence-electron chi connectivity index (χ0n) is 17.9. The minimum absolute atomic E-state index is 0.0190. The first-order valence-corrected chi connectivity index (χ1v) is 11.3. The van der Waals surface area contributed by atoms with E-state index in [0.717, 1.165) is 35.2 Å². The average Bonchev–Trinajstić information content (AvgIpc) is 3.18. The number of carbonyl (C=O) groups is 1. The lowest BCUT2D eigenvalue weighted by atomic mass is 10.0. The van der Waals surface area contributed by atoms with Crippen molar-refractivity contribution in [3.8, 4) is 11.8 Å². The van der Waals surface area contributed by atoms with E-state index >= 15 is 0 Å². The highest BCUT2D eigenvalue weighted by Gasteiger charge is 2.25. The molecular formula is C25H27N3O2S. The van der Waals surface area contributed by atoms with Crippen molar-refractivity contribution in [2.45, 2.75) is 44.6 Å². The van der Waals surface area contributed by atoms with Gasteiger partial charge in [0.25, 0.3) is 0 Å². The molecule has 0 saturated carbocycles. The van der Waals surface area contributed by atoms with Crippen LogP contribution in [0.5, 0.6) is 5.75 Å². The summed E-state index contributed by atoms with van der Waals surface area (Å²) in [6, 6.07) is 14.5. The Morgan fingerprint density at radius 1 is 1.42 bits per heavy atom. The number of aliphatic imine (C=N–C) groups is 1. The Morgan fingerprint density at radius 2 is 2.26 bits per heavy atom. The molecule has 0 bridgehead atoms. The highest BCUT2D eigenvalue weighted by Crippen LogP contribution is 2.40. The van der Waals surface area contributed by atoms with Gasteiger partial charge in [0.1, 0.15) is 18.1 Å². The number of hydrogen-bond acceptors (Lipinski definition) is 6. The zero-order valence-corrected chi connectivity index (χ0v) is 18.7. The molecule has 0 saturated heterocycles. The largest absolute Gasteiger partial charge is 0.490 e. The lowest BCUT2D eigenvalue weighted by Gasteiger charge is -2.15. The molecule has 6 heteroatoms. The molecule has 0 heterocycles. The average molecular weight is 434 g/mol. The van der Waals surface area contributed by atoms with E-state index in [2.05, 4.69) is 41.3 Å². The van der Waals surface area contributed by atoms with Crippen LogP contribution in [-0.4, -0.2) is 25.7 Å². The monoisotopic (exact) mass is 433 g/mol. The van der Waals surface area contributed by atoms with Crippen LogP contribution >= 0.6 is 11.8 Å². The minimum Gasteiger partial charge on any atom is -0.490 e. The van der Waals surface area contributed by atoms with Gasteiger partial charge in [0, 0.05) is 22.9 Å². The molecule has 0 spiro atoms. The molecule has 1 N–H and O–H groups in total. The summed E-state index contributed by atoms with van der Waals surface area (Å²) in [5.41, 5.74) is 5.30. The van der Waals surface area contributed by atoms with Crippen molar-refractivity contribution in [1.29, 1.82) is 5.26 Å². The Labute approximate surface area is 188 Å². The number of aldehydes is 1. The van der Waals surface area contributed by atoms with E-state index < -0.39 is 0 Å².